The van der Waals surface area contributed by atoms with Gasteiger partial charge in [-0.05, 0) is 51.5 Å². The predicted molar refractivity (Wildman–Crippen MR) is 90.8 cm³/mol. The molecule has 1 aromatic carbocycles. The molecule has 0 fully saturated rings. The molecule has 1 heterocycles. The van der Waals surface area contributed by atoms with Gasteiger partial charge in [0.25, 0.3) is 0 Å². The summed E-state index contributed by atoms with van der Waals surface area (Å²) in [5.74, 6) is 0.145. The van der Waals surface area contributed by atoms with Crippen molar-refractivity contribution in [2.24, 2.45) is 5.92 Å². The van der Waals surface area contributed by atoms with Crippen LogP contribution in [-0.2, 0) is 10.0 Å². The predicted octanol–water partition coefficient (Wildman–Crippen LogP) is 3.77. The Hall–Kier alpha value is -0.890. The van der Waals surface area contributed by atoms with Gasteiger partial charge in [-0.15, -0.1) is 11.3 Å². The molecule has 0 radical (unpaired) electrons. The van der Waals surface area contributed by atoms with Gasteiger partial charge in [0.05, 0.1) is 10.9 Å². The zero-order chi connectivity index (χ0) is 15.6. The molecule has 1 unspecified atom stereocenters. The van der Waals surface area contributed by atoms with Gasteiger partial charge in [0, 0.05) is 15.0 Å². The van der Waals surface area contributed by atoms with Gasteiger partial charge in [0.15, 0.2) is 0 Å². The van der Waals surface area contributed by atoms with Crippen LogP contribution >= 0.6 is 27.3 Å². The molecule has 7 heteroatoms. The fourth-order valence-electron chi connectivity index (χ4n) is 1.92. The summed E-state index contributed by atoms with van der Waals surface area (Å²) in [6.07, 6.45) is 0. The summed E-state index contributed by atoms with van der Waals surface area (Å²) in [6, 6.07) is 8.24. The number of sulfonamides is 1. The van der Waals surface area contributed by atoms with Gasteiger partial charge in [0.2, 0.25) is 10.0 Å². The van der Waals surface area contributed by atoms with Crippen LogP contribution < -0.4 is 10.5 Å². The number of thiophene rings is 1. The number of hydrogen-bond acceptors (Lipinski definition) is 4. The lowest BCUT2D eigenvalue weighted by atomic mass is 10.0. The molecule has 0 saturated carbocycles. The van der Waals surface area contributed by atoms with Gasteiger partial charge in [-0.3, -0.25) is 0 Å². The molecule has 1 aromatic heterocycles. The monoisotopic (exact) mass is 388 g/mol. The van der Waals surface area contributed by atoms with E-state index in [-0.39, 0.29) is 16.9 Å². The SMILES string of the molecule is CC(C)C(NS(=O)(=O)c1ccc(Br)c(N)c1)c1cccs1. The molecule has 0 saturated heterocycles. The molecule has 0 aliphatic rings. The smallest absolute Gasteiger partial charge is 0.241 e. The van der Waals surface area contributed by atoms with E-state index in [1.165, 1.54) is 12.1 Å². The summed E-state index contributed by atoms with van der Waals surface area (Å²) in [6.45, 7) is 3.98. The standard InChI is InChI=1S/C14H17BrN2O2S2/c1-9(2)14(13-4-3-7-20-13)17-21(18,19)10-5-6-11(15)12(16)8-10/h3-9,14,17H,16H2,1-2H3. The molecule has 3 N–H and O–H groups in total. The number of halogens is 1. The van der Waals surface area contributed by atoms with Crippen molar-refractivity contribution in [3.05, 3.63) is 45.1 Å². The molecule has 0 aliphatic carbocycles. The van der Waals surface area contributed by atoms with E-state index in [2.05, 4.69) is 20.7 Å². The second-order valence-corrected chi connectivity index (χ2v) is 8.59. The topological polar surface area (TPSA) is 72.2 Å². The fraction of sp³-hybridized carbons (Fsp3) is 0.286. The van der Waals surface area contributed by atoms with Crippen molar-refractivity contribution in [3.8, 4) is 0 Å². The molecule has 0 amide bonds. The lowest BCUT2D eigenvalue weighted by Gasteiger charge is -2.21. The molecule has 0 aliphatic heterocycles. The zero-order valence-electron chi connectivity index (χ0n) is 11.7. The summed E-state index contributed by atoms with van der Waals surface area (Å²) in [5, 5.41) is 1.94. The first-order chi connectivity index (χ1) is 9.81. The van der Waals surface area contributed by atoms with Crippen molar-refractivity contribution in [1.29, 1.82) is 0 Å². The highest BCUT2D eigenvalue weighted by Gasteiger charge is 2.24. The lowest BCUT2D eigenvalue weighted by Crippen LogP contribution is -2.31. The number of anilines is 1. The third-order valence-corrected chi connectivity index (χ3v) is 6.19. The molecule has 1 atom stereocenters. The van der Waals surface area contributed by atoms with E-state index in [4.69, 9.17) is 5.73 Å². The highest BCUT2D eigenvalue weighted by molar-refractivity contribution is 9.10. The normalized spacial score (nSPS) is 13.5. The molecule has 21 heavy (non-hydrogen) atoms. The number of benzene rings is 1. The van der Waals surface area contributed by atoms with Crippen LogP contribution in [0.5, 0.6) is 0 Å². The van der Waals surface area contributed by atoms with Crippen LogP contribution in [0.3, 0.4) is 0 Å². The minimum atomic E-state index is -3.61. The van der Waals surface area contributed by atoms with Crippen molar-refractivity contribution >= 4 is 43.0 Å². The van der Waals surface area contributed by atoms with E-state index in [0.717, 1.165) is 4.88 Å². The van der Waals surface area contributed by atoms with E-state index < -0.39 is 10.0 Å². The molecule has 0 spiro atoms. The van der Waals surface area contributed by atoms with E-state index in [1.54, 1.807) is 17.4 Å². The third-order valence-electron chi connectivity index (χ3n) is 3.08. The van der Waals surface area contributed by atoms with Gasteiger partial charge >= 0.3 is 0 Å². The highest BCUT2D eigenvalue weighted by Crippen LogP contribution is 2.29. The molecule has 4 nitrogen and oxygen atoms in total. The van der Waals surface area contributed by atoms with E-state index in [9.17, 15) is 8.42 Å². The largest absolute Gasteiger partial charge is 0.398 e. The first-order valence-electron chi connectivity index (χ1n) is 6.42. The van der Waals surface area contributed by atoms with Crippen molar-refractivity contribution in [2.45, 2.75) is 24.8 Å². The minimum Gasteiger partial charge on any atom is -0.398 e. The second kappa shape index (κ2) is 6.48. The Balaban J connectivity index is 2.32. The number of nitrogens with one attached hydrogen (secondary N) is 1. The first kappa shape index (κ1) is 16.5. The van der Waals surface area contributed by atoms with Crippen LogP contribution in [0.1, 0.15) is 24.8 Å². The average molecular weight is 389 g/mol. The highest BCUT2D eigenvalue weighted by atomic mass is 79.9. The van der Waals surface area contributed by atoms with Crippen molar-refractivity contribution < 1.29 is 8.42 Å². The van der Waals surface area contributed by atoms with Crippen LogP contribution in [0, 0.1) is 5.92 Å². The Bertz CT molecular complexity index is 713. The number of nitrogens with two attached hydrogens (primary N) is 1. The van der Waals surface area contributed by atoms with Crippen molar-refractivity contribution in [1.82, 2.24) is 4.72 Å². The average Bonchev–Trinajstić information content (AvgIpc) is 2.92. The lowest BCUT2D eigenvalue weighted by molar-refractivity contribution is 0.469. The quantitative estimate of drug-likeness (QED) is 0.765. The Morgan fingerprint density at radius 1 is 1.29 bits per heavy atom. The molecule has 2 rings (SSSR count). The van der Waals surface area contributed by atoms with Gasteiger partial charge in [0.1, 0.15) is 0 Å². The van der Waals surface area contributed by atoms with Crippen LogP contribution in [0.4, 0.5) is 5.69 Å². The van der Waals surface area contributed by atoms with Gasteiger partial charge < -0.3 is 5.73 Å². The molecule has 114 valence electrons. The van der Waals surface area contributed by atoms with Gasteiger partial charge in [-0.2, -0.15) is 0 Å². The van der Waals surface area contributed by atoms with Crippen LogP contribution in [-0.4, -0.2) is 8.42 Å². The number of nitrogen functional groups attached to an aromatic ring is 1. The molecule has 2 aromatic rings. The minimum absolute atomic E-state index is 0.145. The van der Waals surface area contributed by atoms with E-state index >= 15 is 0 Å². The van der Waals surface area contributed by atoms with Crippen LogP contribution in [0.25, 0.3) is 0 Å². The maximum absolute atomic E-state index is 12.5. The van der Waals surface area contributed by atoms with Crippen molar-refractivity contribution in [3.63, 3.8) is 0 Å². The molecular formula is C14H17BrN2O2S2. The van der Waals surface area contributed by atoms with E-state index in [1.807, 2.05) is 31.4 Å². The summed E-state index contributed by atoms with van der Waals surface area (Å²) < 4.78 is 28.5. The Labute approximate surface area is 137 Å². The van der Waals surface area contributed by atoms with Gasteiger partial charge in [-0.1, -0.05) is 19.9 Å². The number of rotatable bonds is 5. The Kier molecular flexibility index (Phi) is 5.08. The Morgan fingerprint density at radius 3 is 2.52 bits per heavy atom. The summed E-state index contributed by atoms with van der Waals surface area (Å²) in [5.41, 5.74) is 6.16. The zero-order valence-corrected chi connectivity index (χ0v) is 14.9. The van der Waals surface area contributed by atoms with Crippen LogP contribution in [0.15, 0.2) is 45.1 Å². The molecular weight excluding hydrogens is 372 g/mol. The summed E-state index contributed by atoms with van der Waals surface area (Å²) in [4.78, 5) is 1.17. The van der Waals surface area contributed by atoms with Crippen LogP contribution in [0.2, 0.25) is 0 Å². The molecule has 0 bridgehead atoms. The fourth-order valence-corrected chi connectivity index (χ4v) is 4.58. The van der Waals surface area contributed by atoms with E-state index in [0.29, 0.717) is 10.2 Å². The van der Waals surface area contributed by atoms with Crippen molar-refractivity contribution in [2.75, 3.05) is 5.73 Å². The second-order valence-electron chi connectivity index (χ2n) is 5.04. The maximum atomic E-state index is 12.5. The first-order valence-corrected chi connectivity index (χ1v) is 9.57. The maximum Gasteiger partial charge on any atom is 0.241 e. The summed E-state index contributed by atoms with van der Waals surface area (Å²) >= 11 is 4.80. The Morgan fingerprint density at radius 2 is 2.00 bits per heavy atom. The van der Waals surface area contributed by atoms with Gasteiger partial charge in [-0.25, -0.2) is 13.1 Å². The number of hydrogen-bond donors (Lipinski definition) is 2. The summed E-state index contributed by atoms with van der Waals surface area (Å²) in [7, 11) is -3.61. The third kappa shape index (κ3) is 3.85.